The highest BCUT2D eigenvalue weighted by Gasteiger charge is 2.07. The van der Waals surface area contributed by atoms with Gasteiger partial charge in [0.05, 0.1) is 5.56 Å². The van der Waals surface area contributed by atoms with Crippen molar-refractivity contribution in [3.63, 3.8) is 0 Å². The van der Waals surface area contributed by atoms with Gasteiger partial charge in [-0.15, -0.1) is 0 Å². The molecule has 0 heterocycles. The van der Waals surface area contributed by atoms with Gasteiger partial charge in [0.15, 0.2) is 0 Å². The van der Waals surface area contributed by atoms with Gasteiger partial charge in [0, 0.05) is 17.3 Å². The van der Waals surface area contributed by atoms with Crippen molar-refractivity contribution in [2.75, 3.05) is 12.3 Å². The maximum atomic E-state index is 11.9. The molecule has 0 aromatic heterocycles. The predicted octanol–water partition coefficient (Wildman–Crippen LogP) is 2.89. The molecule has 2 rings (SSSR count). The molecule has 2 aromatic carbocycles. The van der Waals surface area contributed by atoms with Gasteiger partial charge >= 0.3 is 0 Å². The minimum atomic E-state index is -0.146. The molecule has 0 atom stereocenters. The van der Waals surface area contributed by atoms with Gasteiger partial charge in [0.25, 0.3) is 5.91 Å². The molecule has 2 aromatic rings. The molecule has 4 heteroatoms. The van der Waals surface area contributed by atoms with E-state index < -0.39 is 0 Å². The Bertz CT molecular complexity index is 567. The number of carbonyl (C=O) groups excluding carboxylic acids is 1. The quantitative estimate of drug-likeness (QED) is 0.843. The molecule has 0 saturated heterocycles. The summed E-state index contributed by atoms with van der Waals surface area (Å²) in [7, 11) is 0. The van der Waals surface area contributed by atoms with Gasteiger partial charge < -0.3 is 11.1 Å². The number of hydrogen-bond acceptors (Lipinski definition) is 2. The van der Waals surface area contributed by atoms with Crippen LogP contribution in [-0.4, -0.2) is 12.5 Å². The van der Waals surface area contributed by atoms with Crippen molar-refractivity contribution in [3.05, 3.63) is 64.7 Å². The van der Waals surface area contributed by atoms with E-state index in [-0.39, 0.29) is 5.91 Å². The molecular formula is C15H15ClN2O. The molecule has 0 aliphatic rings. The van der Waals surface area contributed by atoms with Crippen molar-refractivity contribution >= 4 is 23.2 Å². The molecule has 0 fully saturated rings. The SMILES string of the molecule is Nc1ccccc1C(=O)NCCc1ccc(Cl)cc1. The lowest BCUT2D eigenvalue weighted by Gasteiger charge is -2.07. The Morgan fingerprint density at radius 2 is 1.79 bits per heavy atom. The van der Waals surface area contributed by atoms with E-state index in [1.165, 1.54) is 0 Å². The third kappa shape index (κ3) is 3.73. The van der Waals surface area contributed by atoms with Crippen LogP contribution >= 0.6 is 11.6 Å². The van der Waals surface area contributed by atoms with Crippen LogP contribution in [-0.2, 0) is 6.42 Å². The number of para-hydroxylation sites is 1. The predicted molar refractivity (Wildman–Crippen MR) is 78.3 cm³/mol. The molecule has 0 bridgehead atoms. The van der Waals surface area contributed by atoms with E-state index in [0.29, 0.717) is 22.8 Å². The van der Waals surface area contributed by atoms with Crippen LogP contribution in [0.25, 0.3) is 0 Å². The first-order valence-corrected chi connectivity index (χ1v) is 6.42. The second kappa shape index (κ2) is 6.25. The summed E-state index contributed by atoms with van der Waals surface area (Å²) in [4.78, 5) is 11.9. The highest BCUT2D eigenvalue weighted by molar-refractivity contribution is 6.30. The monoisotopic (exact) mass is 274 g/mol. The van der Waals surface area contributed by atoms with E-state index in [1.807, 2.05) is 24.3 Å². The van der Waals surface area contributed by atoms with Crippen molar-refractivity contribution in [1.82, 2.24) is 5.32 Å². The fourth-order valence-electron chi connectivity index (χ4n) is 1.77. The van der Waals surface area contributed by atoms with Gasteiger partial charge in [-0.3, -0.25) is 4.79 Å². The average molecular weight is 275 g/mol. The first-order chi connectivity index (χ1) is 9.16. The lowest BCUT2D eigenvalue weighted by atomic mass is 10.1. The third-order valence-corrected chi connectivity index (χ3v) is 3.07. The van der Waals surface area contributed by atoms with Crippen molar-refractivity contribution in [2.45, 2.75) is 6.42 Å². The topological polar surface area (TPSA) is 55.1 Å². The molecule has 0 spiro atoms. The smallest absolute Gasteiger partial charge is 0.253 e. The number of nitrogen functional groups attached to an aromatic ring is 1. The Kier molecular flexibility index (Phi) is 4.42. The number of anilines is 1. The van der Waals surface area contributed by atoms with Crippen molar-refractivity contribution in [2.24, 2.45) is 0 Å². The zero-order valence-electron chi connectivity index (χ0n) is 10.4. The summed E-state index contributed by atoms with van der Waals surface area (Å²) in [6, 6.07) is 14.6. The van der Waals surface area contributed by atoms with E-state index >= 15 is 0 Å². The van der Waals surface area contributed by atoms with E-state index in [9.17, 15) is 4.79 Å². The number of halogens is 1. The molecule has 0 saturated carbocycles. The van der Waals surface area contributed by atoms with Crippen LogP contribution in [0.5, 0.6) is 0 Å². The minimum Gasteiger partial charge on any atom is -0.398 e. The van der Waals surface area contributed by atoms with Crippen molar-refractivity contribution < 1.29 is 4.79 Å². The highest BCUT2D eigenvalue weighted by Crippen LogP contribution is 2.11. The summed E-state index contributed by atoms with van der Waals surface area (Å²) in [5.41, 5.74) is 7.88. The molecule has 0 radical (unpaired) electrons. The maximum absolute atomic E-state index is 11.9. The molecule has 0 aliphatic carbocycles. The van der Waals surface area contributed by atoms with Gasteiger partial charge in [-0.05, 0) is 36.2 Å². The van der Waals surface area contributed by atoms with Crippen LogP contribution in [0.3, 0.4) is 0 Å². The summed E-state index contributed by atoms with van der Waals surface area (Å²) in [6.07, 6.45) is 0.760. The zero-order chi connectivity index (χ0) is 13.7. The Hall–Kier alpha value is -2.00. The van der Waals surface area contributed by atoms with Crippen molar-refractivity contribution in [3.8, 4) is 0 Å². The Morgan fingerprint density at radius 1 is 1.11 bits per heavy atom. The molecule has 0 aliphatic heterocycles. The minimum absolute atomic E-state index is 0.146. The first-order valence-electron chi connectivity index (χ1n) is 6.04. The normalized spacial score (nSPS) is 10.2. The lowest BCUT2D eigenvalue weighted by Crippen LogP contribution is -2.26. The largest absolute Gasteiger partial charge is 0.398 e. The molecule has 0 unspecified atom stereocenters. The molecular weight excluding hydrogens is 260 g/mol. The molecule has 1 amide bonds. The van der Waals surface area contributed by atoms with E-state index in [0.717, 1.165) is 12.0 Å². The molecule has 3 nitrogen and oxygen atoms in total. The van der Waals surface area contributed by atoms with E-state index in [2.05, 4.69) is 5.32 Å². The highest BCUT2D eigenvalue weighted by atomic mass is 35.5. The van der Waals surface area contributed by atoms with E-state index in [4.69, 9.17) is 17.3 Å². The Balaban J connectivity index is 1.88. The Morgan fingerprint density at radius 3 is 2.47 bits per heavy atom. The average Bonchev–Trinajstić information content (AvgIpc) is 2.41. The van der Waals surface area contributed by atoms with Gasteiger partial charge in [-0.1, -0.05) is 35.9 Å². The number of carbonyl (C=O) groups is 1. The summed E-state index contributed by atoms with van der Waals surface area (Å²) in [5, 5.41) is 3.56. The third-order valence-electron chi connectivity index (χ3n) is 2.82. The van der Waals surface area contributed by atoms with Crippen molar-refractivity contribution in [1.29, 1.82) is 0 Å². The van der Waals surface area contributed by atoms with Gasteiger partial charge in [0.1, 0.15) is 0 Å². The van der Waals surface area contributed by atoms with E-state index in [1.54, 1.807) is 24.3 Å². The van der Waals surface area contributed by atoms with Crippen LogP contribution in [0, 0.1) is 0 Å². The fraction of sp³-hybridized carbons (Fsp3) is 0.133. The molecule has 19 heavy (non-hydrogen) atoms. The van der Waals surface area contributed by atoms with Crippen LogP contribution in [0.1, 0.15) is 15.9 Å². The molecule has 98 valence electrons. The van der Waals surface area contributed by atoms with Crippen LogP contribution in [0.15, 0.2) is 48.5 Å². The molecule has 3 N–H and O–H groups in total. The maximum Gasteiger partial charge on any atom is 0.253 e. The summed E-state index contributed by atoms with van der Waals surface area (Å²) < 4.78 is 0. The number of amides is 1. The summed E-state index contributed by atoms with van der Waals surface area (Å²) >= 11 is 5.81. The van der Waals surface area contributed by atoms with Gasteiger partial charge in [0.2, 0.25) is 0 Å². The Labute approximate surface area is 117 Å². The van der Waals surface area contributed by atoms with Gasteiger partial charge in [-0.2, -0.15) is 0 Å². The van der Waals surface area contributed by atoms with Crippen LogP contribution in [0.4, 0.5) is 5.69 Å². The van der Waals surface area contributed by atoms with Crippen LogP contribution in [0.2, 0.25) is 5.02 Å². The first kappa shape index (κ1) is 13.4. The zero-order valence-corrected chi connectivity index (χ0v) is 11.2. The second-order valence-electron chi connectivity index (χ2n) is 4.22. The lowest BCUT2D eigenvalue weighted by molar-refractivity contribution is 0.0955. The standard InChI is InChI=1S/C15H15ClN2O/c16-12-7-5-11(6-8-12)9-10-18-15(19)13-3-1-2-4-14(13)17/h1-8H,9-10,17H2,(H,18,19). The fourth-order valence-corrected chi connectivity index (χ4v) is 1.90. The number of hydrogen-bond donors (Lipinski definition) is 2. The van der Waals surface area contributed by atoms with Gasteiger partial charge in [-0.25, -0.2) is 0 Å². The number of benzene rings is 2. The number of nitrogens with one attached hydrogen (secondary N) is 1. The second-order valence-corrected chi connectivity index (χ2v) is 4.66. The number of nitrogens with two attached hydrogens (primary N) is 1. The van der Waals surface area contributed by atoms with Crippen LogP contribution < -0.4 is 11.1 Å². The summed E-state index contributed by atoms with van der Waals surface area (Å²) in [6.45, 7) is 0.564. The summed E-state index contributed by atoms with van der Waals surface area (Å²) in [5.74, 6) is -0.146. The number of rotatable bonds is 4.